The maximum atomic E-state index is 9.33. The number of aliphatic hydroxyl groups is 1. The lowest BCUT2D eigenvalue weighted by atomic mass is 10.0. The van der Waals surface area contributed by atoms with Crippen LogP contribution in [-0.2, 0) is 0 Å². The van der Waals surface area contributed by atoms with Crippen molar-refractivity contribution < 1.29 is 5.11 Å². The minimum Gasteiger partial charge on any atom is -0.395 e. The summed E-state index contributed by atoms with van der Waals surface area (Å²) in [6.45, 7) is 4.39. The molecule has 2 N–H and O–H groups in total. The van der Waals surface area contributed by atoms with Gasteiger partial charge in [0.25, 0.3) is 0 Å². The fraction of sp³-hybridized carbons (Fsp3) is 0.571. The zero-order valence-electron chi connectivity index (χ0n) is 11.5. The zero-order chi connectivity index (χ0) is 14.4. The molecule has 0 saturated heterocycles. The first kappa shape index (κ1) is 17.1. The molecule has 0 amide bonds. The molecule has 0 aromatic heterocycles. The predicted molar refractivity (Wildman–Crippen MR) is 86.5 cm³/mol. The summed E-state index contributed by atoms with van der Waals surface area (Å²) in [6.07, 6.45) is 2.97. The molecule has 19 heavy (non-hydrogen) atoms. The van der Waals surface area contributed by atoms with Crippen LogP contribution in [0, 0.1) is 0 Å². The van der Waals surface area contributed by atoms with E-state index in [4.69, 9.17) is 23.2 Å². The summed E-state index contributed by atoms with van der Waals surface area (Å²) in [5.41, 5.74) is 1.13. The Morgan fingerprint density at radius 1 is 1.32 bits per heavy atom. The molecule has 0 aliphatic rings. The van der Waals surface area contributed by atoms with Gasteiger partial charge >= 0.3 is 0 Å². The normalized spacial score (nSPS) is 16.1. The first-order valence-electron chi connectivity index (χ1n) is 6.38. The van der Waals surface area contributed by atoms with E-state index in [2.05, 4.69) is 19.2 Å². The fourth-order valence-corrected chi connectivity index (χ4v) is 2.98. The second kappa shape index (κ2) is 8.38. The molecule has 0 fully saturated rings. The highest BCUT2D eigenvalue weighted by Gasteiger charge is 2.19. The van der Waals surface area contributed by atoms with Gasteiger partial charge in [0.05, 0.1) is 16.7 Å². The standard InChI is InChI=1S/C14H21Cl2NOS/c1-4-13(17-9(2)14(8-18)19-3)10-5-6-11(15)12(16)7-10/h5-7,9,13-14,17-18H,4,8H2,1-3H3. The second-order valence-corrected chi connectivity index (χ2v) is 6.44. The number of hydrogen-bond acceptors (Lipinski definition) is 3. The van der Waals surface area contributed by atoms with Crippen LogP contribution in [0.15, 0.2) is 18.2 Å². The van der Waals surface area contributed by atoms with Gasteiger partial charge in [0.2, 0.25) is 0 Å². The quantitative estimate of drug-likeness (QED) is 0.791. The van der Waals surface area contributed by atoms with Crippen molar-refractivity contribution in [2.75, 3.05) is 12.9 Å². The van der Waals surface area contributed by atoms with E-state index in [9.17, 15) is 5.11 Å². The SMILES string of the molecule is CCC(NC(C)C(CO)SC)c1ccc(Cl)c(Cl)c1. The highest BCUT2D eigenvalue weighted by molar-refractivity contribution is 7.99. The Morgan fingerprint density at radius 2 is 2.00 bits per heavy atom. The zero-order valence-corrected chi connectivity index (χ0v) is 13.8. The second-order valence-electron chi connectivity index (χ2n) is 4.55. The Morgan fingerprint density at radius 3 is 2.47 bits per heavy atom. The van der Waals surface area contributed by atoms with Gasteiger partial charge in [0.1, 0.15) is 0 Å². The molecule has 0 aliphatic carbocycles. The number of halogens is 2. The first-order chi connectivity index (χ1) is 9.03. The van der Waals surface area contributed by atoms with Crippen LogP contribution in [0.2, 0.25) is 10.0 Å². The molecule has 3 unspecified atom stereocenters. The molecule has 1 aromatic carbocycles. The van der Waals surface area contributed by atoms with Crippen molar-refractivity contribution in [1.29, 1.82) is 0 Å². The van der Waals surface area contributed by atoms with Crippen molar-refractivity contribution in [3.05, 3.63) is 33.8 Å². The number of rotatable bonds is 7. The van der Waals surface area contributed by atoms with Crippen molar-refractivity contribution in [2.24, 2.45) is 0 Å². The van der Waals surface area contributed by atoms with Gasteiger partial charge in [0.15, 0.2) is 0 Å². The van der Waals surface area contributed by atoms with E-state index in [1.165, 1.54) is 0 Å². The van der Waals surface area contributed by atoms with Crippen LogP contribution in [0.3, 0.4) is 0 Å². The Balaban J connectivity index is 2.80. The largest absolute Gasteiger partial charge is 0.395 e. The van der Waals surface area contributed by atoms with Crippen molar-refractivity contribution in [3.8, 4) is 0 Å². The lowest BCUT2D eigenvalue weighted by Crippen LogP contribution is -2.39. The van der Waals surface area contributed by atoms with E-state index in [0.717, 1.165) is 12.0 Å². The summed E-state index contributed by atoms with van der Waals surface area (Å²) < 4.78 is 0. The molecule has 1 rings (SSSR count). The average molecular weight is 322 g/mol. The smallest absolute Gasteiger partial charge is 0.0595 e. The van der Waals surface area contributed by atoms with Gasteiger partial charge in [-0.3, -0.25) is 0 Å². The Bertz CT molecular complexity index is 399. The van der Waals surface area contributed by atoms with Crippen LogP contribution < -0.4 is 5.32 Å². The van der Waals surface area contributed by atoms with Gasteiger partial charge in [-0.2, -0.15) is 11.8 Å². The van der Waals surface area contributed by atoms with Crippen molar-refractivity contribution in [2.45, 2.75) is 37.6 Å². The van der Waals surface area contributed by atoms with Crippen molar-refractivity contribution in [1.82, 2.24) is 5.32 Å². The third-order valence-corrected chi connectivity index (χ3v) is 5.16. The van der Waals surface area contributed by atoms with Gasteiger partial charge in [0, 0.05) is 17.3 Å². The third-order valence-electron chi connectivity index (χ3n) is 3.26. The molecule has 1 aromatic rings. The molecule has 0 heterocycles. The molecular formula is C14H21Cl2NOS. The van der Waals surface area contributed by atoms with E-state index in [0.29, 0.717) is 10.0 Å². The first-order valence-corrected chi connectivity index (χ1v) is 8.42. The maximum Gasteiger partial charge on any atom is 0.0595 e. The molecule has 0 saturated carbocycles. The van der Waals surface area contributed by atoms with Gasteiger partial charge in [-0.05, 0) is 37.3 Å². The molecule has 3 atom stereocenters. The summed E-state index contributed by atoms with van der Waals surface area (Å²) in [5, 5.41) is 14.2. The van der Waals surface area contributed by atoms with Crippen LogP contribution >= 0.6 is 35.0 Å². The van der Waals surface area contributed by atoms with E-state index in [-0.39, 0.29) is 23.9 Å². The van der Waals surface area contributed by atoms with Crippen molar-refractivity contribution in [3.63, 3.8) is 0 Å². The van der Waals surface area contributed by atoms with Gasteiger partial charge in [-0.15, -0.1) is 0 Å². The predicted octanol–water partition coefficient (Wildman–Crippen LogP) is 4.15. The monoisotopic (exact) mass is 321 g/mol. The summed E-state index contributed by atoms with van der Waals surface area (Å²) in [4.78, 5) is 0. The number of hydrogen-bond donors (Lipinski definition) is 2. The number of aliphatic hydroxyl groups excluding tert-OH is 1. The third kappa shape index (κ3) is 4.83. The minimum absolute atomic E-state index is 0.174. The Hall–Kier alpha value is 0.0700. The summed E-state index contributed by atoms with van der Waals surface area (Å²) in [7, 11) is 0. The molecule has 108 valence electrons. The van der Waals surface area contributed by atoms with Gasteiger partial charge in [-0.25, -0.2) is 0 Å². The highest BCUT2D eigenvalue weighted by Crippen LogP contribution is 2.27. The number of benzene rings is 1. The molecule has 0 radical (unpaired) electrons. The van der Waals surface area contributed by atoms with Crippen LogP contribution in [0.25, 0.3) is 0 Å². The summed E-state index contributed by atoms with van der Waals surface area (Å²) >= 11 is 13.7. The minimum atomic E-state index is 0.174. The van der Waals surface area contributed by atoms with E-state index in [1.807, 2.05) is 24.5 Å². The lowest BCUT2D eigenvalue weighted by molar-refractivity contribution is 0.269. The highest BCUT2D eigenvalue weighted by atomic mass is 35.5. The van der Waals surface area contributed by atoms with Gasteiger partial charge in [-0.1, -0.05) is 36.2 Å². The van der Waals surface area contributed by atoms with Gasteiger partial charge < -0.3 is 10.4 Å². The van der Waals surface area contributed by atoms with Crippen LogP contribution in [0.1, 0.15) is 31.9 Å². The fourth-order valence-electron chi connectivity index (χ4n) is 2.04. The van der Waals surface area contributed by atoms with E-state index >= 15 is 0 Å². The molecule has 0 spiro atoms. The number of thioether (sulfide) groups is 1. The van der Waals surface area contributed by atoms with Crippen molar-refractivity contribution >= 4 is 35.0 Å². The topological polar surface area (TPSA) is 32.3 Å². The lowest BCUT2D eigenvalue weighted by Gasteiger charge is -2.27. The Kier molecular flexibility index (Phi) is 7.55. The number of nitrogens with one attached hydrogen (secondary N) is 1. The summed E-state index contributed by atoms with van der Waals surface area (Å²) in [5.74, 6) is 0. The molecule has 0 bridgehead atoms. The maximum absolute atomic E-state index is 9.33. The molecule has 2 nitrogen and oxygen atoms in total. The van der Waals surface area contributed by atoms with E-state index < -0.39 is 0 Å². The molecular weight excluding hydrogens is 301 g/mol. The molecule has 5 heteroatoms. The van der Waals surface area contributed by atoms with E-state index in [1.54, 1.807) is 11.8 Å². The van der Waals surface area contributed by atoms with Crippen LogP contribution in [0.4, 0.5) is 0 Å². The molecule has 0 aliphatic heterocycles. The Labute approximate surface area is 129 Å². The van der Waals surface area contributed by atoms with Crippen LogP contribution in [-0.4, -0.2) is 29.3 Å². The summed E-state index contributed by atoms with van der Waals surface area (Å²) in [6, 6.07) is 6.16. The van der Waals surface area contributed by atoms with Crippen LogP contribution in [0.5, 0.6) is 0 Å². The average Bonchev–Trinajstić information content (AvgIpc) is 2.40.